The summed E-state index contributed by atoms with van der Waals surface area (Å²) in [6.45, 7) is 11.6. The maximum atomic E-state index is 6.73. The molecule has 0 aromatic heterocycles. The fourth-order valence-electron chi connectivity index (χ4n) is 4.43. The summed E-state index contributed by atoms with van der Waals surface area (Å²) < 4.78 is 13.5. The van der Waals surface area contributed by atoms with Crippen molar-refractivity contribution in [1.82, 2.24) is 0 Å². The van der Waals surface area contributed by atoms with E-state index in [-0.39, 0.29) is 11.3 Å². The zero-order valence-electron chi connectivity index (χ0n) is 16.3. The van der Waals surface area contributed by atoms with Crippen molar-refractivity contribution >= 4 is 21.6 Å². The molecule has 0 aliphatic carbocycles. The number of methoxy groups -OCH3 is 1. The Balaban J connectivity index is 1.97. The van der Waals surface area contributed by atoms with Crippen molar-refractivity contribution in [2.24, 2.45) is 0 Å². The van der Waals surface area contributed by atoms with Crippen LogP contribution in [0, 0.1) is 0 Å². The molecule has 0 unspecified atom stereocenters. The van der Waals surface area contributed by atoms with Crippen LogP contribution in [0.2, 0.25) is 0 Å². The number of fused-ring (bicyclic) bond motifs is 3. The Morgan fingerprint density at radius 2 is 2.04 bits per heavy atom. The van der Waals surface area contributed by atoms with Gasteiger partial charge >= 0.3 is 0 Å². The van der Waals surface area contributed by atoms with Gasteiger partial charge in [-0.05, 0) is 77.6 Å². The number of allylic oxidation sites excluding steroid dienone is 2. The quantitative estimate of drug-likeness (QED) is 0.604. The zero-order chi connectivity index (χ0) is 18.4. The molecule has 2 atom stereocenters. The molecular weight excluding hydrogens is 378 g/mol. The third-order valence-electron chi connectivity index (χ3n) is 5.83. The highest BCUT2D eigenvalue weighted by Crippen LogP contribution is 2.51. The Bertz CT molecular complexity index is 693. The van der Waals surface area contributed by atoms with Crippen molar-refractivity contribution in [1.29, 1.82) is 0 Å². The predicted molar refractivity (Wildman–Crippen MR) is 107 cm³/mol. The van der Waals surface area contributed by atoms with E-state index >= 15 is 0 Å². The molecule has 3 nitrogen and oxygen atoms in total. The maximum Gasteiger partial charge on any atom is 0.136 e. The van der Waals surface area contributed by atoms with Gasteiger partial charge in [-0.3, -0.25) is 0 Å². The lowest BCUT2D eigenvalue weighted by molar-refractivity contribution is -0.124. The lowest BCUT2D eigenvalue weighted by Gasteiger charge is -2.33. The molecule has 1 fully saturated rings. The van der Waals surface area contributed by atoms with Gasteiger partial charge in [0.15, 0.2) is 0 Å². The summed E-state index contributed by atoms with van der Waals surface area (Å²) in [6, 6.07) is 6.91. The van der Waals surface area contributed by atoms with Crippen molar-refractivity contribution < 1.29 is 9.47 Å². The van der Waals surface area contributed by atoms with Crippen molar-refractivity contribution in [2.45, 2.75) is 71.2 Å². The van der Waals surface area contributed by atoms with Crippen molar-refractivity contribution in [3.8, 4) is 0 Å². The highest BCUT2D eigenvalue weighted by molar-refractivity contribution is 9.10. The fourth-order valence-corrected chi connectivity index (χ4v) is 4.84. The largest absolute Gasteiger partial charge is 0.382 e. The van der Waals surface area contributed by atoms with Crippen LogP contribution in [-0.2, 0) is 15.9 Å². The smallest absolute Gasteiger partial charge is 0.136 e. The molecule has 3 rings (SSSR count). The summed E-state index contributed by atoms with van der Waals surface area (Å²) in [5.74, 6) is 0. The second kappa shape index (κ2) is 6.71. The van der Waals surface area contributed by atoms with Gasteiger partial charge in [0.05, 0.1) is 12.6 Å². The van der Waals surface area contributed by atoms with Crippen molar-refractivity contribution in [3.63, 3.8) is 0 Å². The molecule has 0 saturated carbocycles. The van der Waals surface area contributed by atoms with E-state index in [1.807, 2.05) is 0 Å². The first kappa shape index (κ1) is 18.9. The Morgan fingerprint density at radius 3 is 2.68 bits per heavy atom. The van der Waals surface area contributed by atoms with Gasteiger partial charge in [-0.15, -0.1) is 0 Å². The number of hydrogen-bond acceptors (Lipinski definition) is 3. The number of ether oxygens (including phenoxy) is 2. The van der Waals surface area contributed by atoms with E-state index in [2.05, 4.69) is 73.6 Å². The zero-order valence-corrected chi connectivity index (χ0v) is 17.9. The van der Waals surface area contributed by atoms with Crippen LogP contribution in [0.1, 0.15) is 53.0 Å². The molecule has 2 aliphatic heterocycles. The fraction of sp³-hybridized carbons (Fsp3) is 0.619. The van der Waals surface area contributed by atoms with Gasteiger partial charge < -0.3 is 14.4 Å². The number of nitrogens with zero attached hydrogens (tertiary/aromatic N) is 1. The summed E-state index contributed by atoms with van der Waals surface area (Å²) >= 11 is 3.62. The van der Waals surface area contributed by atoms with Crippen LogP contribution < -0.4 is 4.90 Å². The van der Waals surface area contributed by atoms with Crippen LogP contribution >= 0.6 is 15.9 Å². The lowest BCUT2D eigenvalue weighted by Crippen LogP contribution is -2.48. The second-order valence-electron chi connectivity index (χ2n) is 8.19. The van der Waals surface area contributed by atoms with Gasteiger partial charge in [0.25, 0.3) is 0 Å². The minimum absolute atomic E-state index is 0.277. The molecule has 0 bridgehead atoms. The highest BCUT2D eigenvalue weighted by Gasteiger charge is 2.59. The molecule has 0 radical (unpaired) electrons. The number of benzene rings is 1. The summed E-state index contributed by atoms with van der Waals surface area (Å²) in [5.41, 5.74) is 4.95. The summed E-state index contributed by atoms with van der Waals surface area (Å²) in [4.78, 5) is 2.48. The molecule has 1 saturated heterocycles. The van der Waals surface area contributed by atoms with E-state index < -0.39 is 0 Å². The monoisotopic (exact) mass is 407 g/mol. The lowest BCUT2D eigenvalue weighted by atomic mass is 9.86. The van der Waals surface area contributed by atoms with Crippen molar-refractivity contribution in [2.75, 3.05) is 18.6 Å². The highest BCUT2D eigenvalue weighted by atomic mass is 79.9. The van der Waals surface area contributed by atoms with E-state index in [9.17, 15) is 0 Å². The SMILES string of the molecule is COC[C@]1(CCC(C)=C(C)C)OC(C)(C)N2c3ccc(Br)cc3C[C@H]21. The predicted octanol–water partition coefficient (Wildman–Crippen LogP) is 5.47. The Morgan fingerprint density at radius 1 is 1.32 bits per heavy atom. The van der Waals surface area contributed by atoms with E-state index in [4.69, 9.17) is 9.47 Å². The minimum atomic E-state index is -0.332. The van der Waals surface area contributed by atoms with Crippen LogP contribution in [0.4, 0.5) is 5.69 Å². The molecule has 4 heteroatoms. The summed E-state index contributed by atoms with van der Waals surface area (Å²) in [7, 11) is 1.78. The first-order valence-electron chi connectivity index (χ1n) is 9.10. The van der Waals surface area contributed by atoms with E-state index in [1.165, 1.54) is 22.4 Å². The Labute approximate surface area is 160 Å². The third kappa shape index (κ3) is 3.29. The Hall–Kier alpha value is -0.840. The third-order valence-corrected chi connectivity index (χ3v) is 6.33. The first-order valence-corrected chi connectivity index (χ1v) is 9.89. The summed E-state index contributed by atoms with van der Waals surface area (Å²) in [6.07, 6.45) is 3.04. The van der Waals surface area contributed by atoms with Gasteiger partial charge in [0.2, 0.25) is 0 Å². The topological polar surface area (TPSA) is 21.7 Å². The molecule has 25 heavy (non-hydrogen) atoms. The molecule has 2 aliphatic rings. The van der Waals surface area contributed by atoms with Gasteiger partial charge in [-0.2, -0.15) is 0 Å². The van der Waals surface area contributed by atoms with E-state index in [0.29, 0.717) is 12.6 Å². The normalized spacial score (nSPS) is 26.5. The maximum absolute atomic E-state index is 6.73. The molecule has 2 heterocycles. The standard InChI is InChI=1S/C21H30BrNO2/c1-14(2)15(3)9-10-21(13-24-6)19-12-16-11-17(22)7-8-18(16)23(19)20(4,5)25-21/h7-8,11,19H,9-10,12-13H2,1-6H3/t19-,21-/m0/s1. The molecule has 138 valence electrons. The van der Waals surface area contributed by atoms with E-state index in [1.54, 1.807) is 7.11 Å². The summed E-state index contributed by atoms with van der Waals surface area (Å²) in [5, 5.41) is 0. The van der Waals surface area contributed by atoms with Crippen LogP contribution in [0.15, 0.2) is 33.8 Å². The second-order valence-corrected chi connectivity index (χ2v) is 9.11. The Kier molecular flexibility index (Phi) is 5.08. The average Bonchev–Trinajstić information content (AvgIpc) is 3.00. The number of hydrogen-bond donors (Lipinski definition) is 0. The number of halogens is 1. The first-order chi connectivity index (χ1) is 11.7. The molecule has 0 spiro atoms. The van der Waals surface area contributed by atoms with Gasteiger partial charge in [-0.25, -0.2) is 0 Å². The molecule has 0 N–H and O–H groups in total. The minimum Gasteiger partial charge on any atom is -0.382 e. The van der Waals surface area contributed by atoms with Gasteiger partial charge in [-0.1, -0.05) is 27.1 Å². The van der Waals surface area contributed by atoms with Gasteiger partial charge in [0, 0.05) is 17.3 Å². The van der Waals surface area contributed by atoms with Gasteiger partial charge in [0.1, 0.15) is 11.3 Å². The molecular formula is C21H30BrNO2. The van der Waals surface area contributed by atoms with Crippen molar-refractivity contribution in [3.05, 3.63) is 39.4 Å². The van der Waals surface area contributed by atoms with E-state index in [0.717, 1.165) is 23.7 Å². The molecule has 1 aromatic rings. The molecule has 1 aromatic carbocycles. The van der Waals surface area contributed by atoms with Crippen LogP contribution in [-0.4, -0.2) is 31.1 Å². The number of rotatable bonds is 5. The molecule has 0 amide bonds. The van der Waals surface area contributed by atoms with Crippen LogP contribution in [0.25, 0.3) is 0 Å². The number of anilines is 1. The van der Waals surface area contributed by atoms with Crippen LogP contribution in [0.5, 0.6) is 0 Å². The average molecular weight is 408 g/mol. The van der Waals surface area contributed by atoms with Crippen LogP contribution in [0.3, 0.4) is 0 Å².